The Kier molecular flexibility index (Phi) is 3.57. The highest BCUT2D eigenvalue weighted by Crippen LogP contribution is 2.25. The van der Waals surface area contributed by atoms with Gasteiger partial charge in [-0.2, -0.15) is 5.10 Å². The van der Waals surface area contributed by atoms with Crippen molar-refractivity contribution in [3.8, 4) is 5.88 Å². The number of pyridine rings is 1. The van der Waals surface area contributed by atoms with Crippen molar-refractivity contribution in [1.82, 2.24) is 14.8 Å². The molecule has 0 saturated carbocycles. The van der Waals surface area contributed by atoms with E-state index in [0.717, 1.165) is 13.0 Å². The normalized spacial score (nSPS) is 17.9. The summed E-state index contributed by atoms with van der Waals surface area (Å²) >= 11 is 0. The SMILES string of the molecule is COc1nccc(N)c1C(=N)c1cnn(C2CCOC2)c1. The number of anilines is 1. The van der Waals surface area contributed by atoms with E-state index in [9.17, 15) is 0 Å². The zero-order chi connectivity index (χ0) is 14.8. The van der Waals surface area contributed by atoms with Gasteiger partial charge in [0, 0.05) is 30.3 Å². The predicted molar refractivity (Wildman–Crippen MR) is 77.8 cm³/mol. The number of ether oxygens (including phenoxy) is 2. The first-order valence-electron chi connectivity index (χ1n) is 6.70. The smallest absolute Gasteiger partial charge is 0.224 e. The molecule has 3 heterocycles. The summed E-state index contributed by atoms with van der Waals surface area (Å²) in [7, 11) is 1.51. The molecule has 0 aliphatic carbocycles. The van der Waals surface area contributed by atoms with Gasteiger partial charge in [0.1, 0.15) is 0 Å². The Morgan fingerprint density at radius 1 is 1.57 bits per heavy atom. The molecule has 3 N–H and O–H groups in total. The Morgan fingerprint density at radius 3 is 3.14 bits per heavy atom. The lowest BCUT2D eigenvalue weighted by molar-refractivity contribution is 0.184. The van der Waals surface area contributed by atoms with Gasteiger partial charge < -0.3 is 15.2 Å². The van der Waals surface area contributed by atoms with E-state index in [1.54, 1.807) is 18.5 Å². The first-order chi connectivity index (χ1) is 10.2. The minimum Gasteiger partial charge on any atom is -0.480 e. The molecule has 0 radical (unpaired) electrons. The summed E-state index contributed by atoms with van der Waals surface area (Å²) in [6.07, 6.45) is 6.00. The number of nitrogens with two attached hydrogens (primary N) is 1. The molecular weight excluding hydrogens is 270 g/mol. The zero-order valence-corrected chi connectivity index (χ0v) is 11.7. The molecule has 1 fully saturated rings. The van der Waals surface area contributed by atoms with Crippen LogP contribution in [0.3, 0.4) is 0 Å². The molecule has 110 valence electrons. The summed E-state index contributed by atoms with van der Waals surface area (Å²) in [5, 5.41) is 12.7. The van der Waals surface area contributed by atoms with Crippen LogP contribution in [0, 0.1) is 5.41 Å². The largest absolute Gasteiger partial charge is 0.480 e. The summed E-state index contributed by atoms with van der Waals surface area (Å²) in [6, 6.07) is 1.89. The van der Waals surface area contributed by atoms with E-state index in [0.29, 0.717) is 29.3 Å². The minimum absolute atomic E-state index is 0.236. The van der Waals surface area contributed by atoms with Crippen LogP contribution >= 0.6 is 0 Å². The fraction of sp³-hybridized carbons (Fsp3) is 0.357. The van der Waals surface area contributed by atoms with Crippen LogP contribution in [-0.4, -0.2) is 40.8 Å². The van der Waals surface area contributed by atoms with Crippen LogP contribution in [0.5, 0.6) is 5.88 Å². The maximum absolute atomic E-state index is 8.36. The third kappa shape index (κ3) is 2.47. The van der Waals surface area contributed by atoms with Crippen molar-refractivity contribution in [1.29, 1.82) is 5.41 Å². The van der Waals surface area contributed by atoms with Gasteiger partial charge in [-0.1, -0.05) is 0 Å². The molecule has 7 heteroatoms. The van der Waals surface area contributed by atoms with Crippen LogP contribution in [0.25, 0.3) is 0 Å². The van der Waals surface area contributed by atoms with Gasteiger partial charge in [-0.3, -0.25) is 10.1 Å². The van der Waals surface area contributed by atoms with Gasteiger partial charge in [0.2, 0.25) is 5.88 Å². The average Bonchev–Trinajstić information content (AvgIpc) is 3.16. The van der Waals surface area contributed by atoms with Crippen molar-refractivity contribution < 1.29 is 9.47 Å². The second-order valence-electron chi connectivity index (χ2n) is 4.89. The Labute approximate surface area is 122 Å². The quantitative estimate of drug-likeness (QED) is 0.824. The van der Waals surface area contributed by atoms with Crippen LogP contribution in [0.15, 0.2) is 24.7 Å². The summed E-state index contributed by atoms with van der Waals surface area (Å²) in [4.78, 5) is 4.10. The number of nitrogen functional groups attached to an aromatic ring is 1. The third-order valence-electron chi connectivity index (χ3n) is 3.56. The molecule has 0 amide bonds. The van der Waals surface area contributed by atoms with E-state index < -0.39 is 0 Å². The molecule has 2 aromatic heterocycles. The standard InChI is InChI=1S/C14H17N5O2/c1-20-14-12(11(15)2-4-17-14)13(16)9-6-18-19(7-9)10-3-5-21-8-10/h2,4,6-7,10,16H,3,5,8H2,1H3,(H2,15,17). The maximum atomic E-state index is 8.36. The molecule has 1 saturated heterocycles. The van der Waals surface area contributed by atoms with Crippen molar-refractivity contribution in [3.05, 3.63) is 35.8 Å². The first-order valence-corrected chi connectivity index (χ1v) is 6.70. The monoisotopic (exact) mass is 287 g/mol. The highest BCUT2D eigenvalue weighted by atomic mass is 16.5. The Balaban J connectivity index is 1.92. The van der Waals surface area contributed by atoms with Crippen LogP contribution < -0.4 is 10.5 Å². The van der Waals surface area contributed by atoms with Gasteiger partial charge >= 0.3 is 0 Å². The zero-order valence-electron chi connectivity index (χ0n) is 11.7. The van der Waals surface area contributed by atoms with Crippen molar-refractivity contribution in [2.45, 2.75) is 12.5 Å². The number of nitrogens with one attached hydrogen (secondary N) is 1. The summed E-state index contributed by atoms with van der Waals surface area (Å²) in [6.45, 7) is 1.41. The lowest BCUT2D eigenvalue weighted by Crippen LogP contribution is -2.10. The Morgan fingerprint density at radius 2 is 2.43 bits per heavy atom. The number of hydrogen-bond donors (Lipinski definition) is 2. The van der Waals surface area contributed by atoms with E-state index in [4.69, 9.17) is 20.6 Å². The van der Waals surface area contributed by atoms with Gasteiger partial charge in [-0.25, -0.2) is 4.98 Å². The molecule has 3 rings (SSSR count). The Hall–Kier alpha value is -2.41. The molecule has 21 heavy (non-hydrogen) atoms. The molecular formula is C14H17N5O2. The number of methoxy groups -OCH3 is 1. The number of hydrogen-bond acceptors (Lipinski definition) is 6. The fourth-order valence-corrected chi connectivity index (χ4v) is 2.40. The second kappa shape index (κ2) is 5.53. The topological polar surface area (TPSA) is 99.0 Å². The van der Waals surface area contributed by atoms with Crippen LogP contribution in [0.1, 0.15) is 23.6 Å². The van der Waals surface area contributed by atoms with Gasteiger partial charge in [0.25, 0.3) is 0 Å². The van der Waals surface area contributed by atoms with E-state index >= 15 is 0 Å². The van der Waals surface area contributed by atoms with E-state index in [1.165, 1.54) is 7.11 Å². The number of rotatable bonds is 4. The van der Waals surface area contributed by atoms with Crippen molar-refractivity contribution >= 4 is 11.4 Å². The number of aromatic nitrogens is 3. The molecule has 1 aliphatic rings. The molecule has 1 aliphatic heterocycles. The molecule has 0 spiro atoms. The van der Waals surface area contributed by atoms with E-state index in [2.05, 4.69) is 10.1 Å². The molecule has 0 aromatic carbocycles. The van der Waals surface area contributed by atoms with E-state index in [1.807, 2.05) is 10.9 Å². The highest BCUT2D eigenvalue weighted by Gasteiger charge is 2.21. The molecule has 7 nitrogen and oxygen atoms in total. The minimum atomic E-state index is 0.236. The maximum Gasteiger partial charge on any atom is 0.224 e. The van der Waals surface area contributed by atoms with Gasteiger partial charge in [-0.05, 0) is 12.5 Å². The summed E-state index contributed by atoms with van der Waals surface area (Å²) in [5.41, 5.74) is 7.84. The van der Waals surface area contributed by atoms with Crippen LogP contribution in [0.2, 0.25) is 0 Å². The Bertz CT molecular complexity index is 661. The van der Waals surface area contributed by atoms with Crippen LogP contribution in [0.4, 0.5) is 5.69 Å². The predicted octanol–water partition coefficient (Wildman–Crippen LogP) is 1.25. The molecule has 1 atom stereocenters. The average molecular weight is 287 g/mol. The van der Waals surface area contributed by atoms with Crippen molar-refractivity contribution in [2.24, 2.45) is 0 Å². The molecule has 0 bridgehead atoms. The lowest BCUT2D eigenvalue weighted by Gasteiger charge is -2.10. The van der Waals surface area contributed by atoms with Crippen molar-refractivity contribution in [3.63, 3.8) is 0 Å². The van der Waals surface area contributed by atoms with Gasteiger partial charge in [0.05, 0.1) is 37.2 Å². The highest BCUT2D eigenvalue weighted by molar-refractivity contribution is 6.14. The third-order valence-corrected chi connectivity index (χ3v) is 3.56. The molecule has 2 aromatic rings. The molecule has 1 unspecified atom stereocenters. The first kappa shape index (κ1) is 13.6. The van der Waals surface area contributed by atoms with E-state index in [-0.39, 0.29) is 11.8 Å². The summed E-state index contributed by atoms with van der Waals surface area (Å²) < 4.78 is 12.4. The van der Waals surface area contributed by atoms with Gasteiger partial charge in [0.15, 0.2) is 0 Å². The van der Waals surface area contributed by atoms with Crippen LogP contribution in [-0.2, 0) is 4.74 Å². The number of nitrogens with zero attached hydrogens (tertiary/aromatic N) is 3. The van der Waals surface area contributed by atoms with Gasteiger partial charge in [-0.15, -0.1) is 0 Å². The fourth-order valence-electron chi connectivity index (χ4n) is 2.40. The van der Waals surface area contributed by atoms with Crippen molar-refractivity contribution in [2.75, 3.05) is 26.1 Å². The summed E-state index contributed by atoms with van der Waals surface area (Å²) in [5.74, 6) is 0.344. The lowest BCUT2D eigenvalue weighted by atomic mass is 10.1. The second-order valence-corrected chi connectivity index (χ2v) is 4.89.